The van der Waals surface area contributed by atoms with E-state index in [0.29, 0.717) is 18.6 Å². The lowest BCUT2D eigenvalue weighted by Gasteiger charge is -2.49. The first-order valence-electron chi connectivity index (χ1n) is 13.3. The average molecular weight is 567 g/mol. The number of halogens is 2. The predicted molar refractivity (Wildman–Crippen MR) is 143 cm³/mol. The first-order valence-corrected chi connectivity index (χ1v) is 13.7. The van der Waals surface area contributed by atoms with Crippen LogP contribution in [-0.2, 0) is 19.2 Å². The lowest BCUT2D eigenvalue weighted by Crippen LogP contribution is -2.48. The van der Waals surface area contributed by atoms with Gasteiger partial charge in [0.1, 0.15) is 5.82 Å². The largest absolute Gasteiger partial charge is 0.504 e. The van der Waals surface area contributed by atoms with Gasteiger partial charge in [0, 0.05) is 13.0 Å². The van der Waals surface area contributed by atoms with Crippen molar-refractivity contribution >= 4 is 40.9 Å². The Morgan fingerprint density at radius 3 is 2.52 bits per heavy atom. The molecule has 4 aliphatic rings. The lowest BCUT2D eigenvalue weighted by molar-refractivity contribution is -0.138. The van der Waals surface area contributed by atoms with Crippen LogP contribution >= 0.6 is 11.6 Å². The van der Waals surface area contributed by atoms with E-state index in [1.54, 1.807) is 26.0 Å². The van der Waals surface area contributed by atoms with Crippen LogP contribution in [0.4, 0.5) is 10.1 Å². The number of phenols is 1. The van der Waals surface area contributed by atoms with Crippen LogP contribution in [-0.4, -0.2) is 47.3 Å². The zero-order valence-corrected chi connectivity index (χ0v) is 22.9. The molecule has 2 saturated heterocycles. The molecule has 0 unspecified atom stereocenters. The molecule has 6 rings (SSSR count). The third-order valence-electron chi connectivity index (χ3n) is 9.27. The standard InChI is InChI=1S/C30H28ClFN2O6/c1-4-40-23-11-14(5-10-22(23)35)25-16-7-8-17-24(28(38)33(3)26(17)36)18(16)13-19-27(37)34(29(39)30(19,25)2)15-6-9-21(32)20(31)12-15/h5-7,9-12,17-19,24-25,35H,4,8,13H2,1-3H3/t17-,18+,19-,24-,25-,30+/m0/s1. The van der Waals surface area contributed by atoms with E-state index in [1.807, 2.05) is 6.08 Å². The maximum atomic E-state index is 14.3. The van der Waals surface area contributed by atoms with Gasteiger partial charge in [-0.25, -0.2) is 9.29 Å². The molecule has 1 saturated carbocycles. The van der Waals surface area contributed by atoms with Crippen molar-refractivity contribution in [1.29, 1.82) is 0 Å². The number of hydrogen-bond acceptors (Lipinski definition) is 6. The third kappa shape index (κ3) is 3.49. The van der Waals surface area contributed by atoms with E-state index in [0.717, 1.165) is 21.4 Å². The molecule has 2 aliphatic carbocycles. The van der Waals surface area contributed by atoms with Crippen molar-refractivity contribution in [2.75, 3.05) is 18.6 Å². The summed E-state index contributed by atoms with van der Waals surface area (Å²) in [6, 6.07) is 8.57. The number of fused-ring (bicyclic) bond motifs is 4. The van der Waals surface area contributed by atoms with Gasteiger partial charge in [-0.1, -0.05) is 29.3 Å². The van der Waals surface area contributed by atoms with Crippen LogP contribution in [0, 0.1) is 34.9 Å². The summed E-state index contributed by atoms with van der Waals surface area (Å²) >= 11 is 6.02. The number of ether oxygens (including phenoxy) is 1. The van der Waals surface area contributed by atoms with Crippen LogP contribution in [0.15, 0.2) is 48.0 Å². The molecule has 0 spiro atoms. The minimum atomic E-state index is -1.27. The zero-order chi connectivity index (χ0) is 28.7. The molecule has 2 aromatic carbocycles. The maximum Gasteiger partial charge on any atom is 0.241 e. The molecule has 3 fully saturated rings. The van der Waals surface area contributed by atoms with Crippen LogP contribution in [0.3, 0.4) is 0 Å². The summed E-state index contributed by atoms with van der Waals surface area (Å²) in [4.78, 5) is 56.8. The Bertz CT molecular complexity index is 1520. The SMILES string of the molecule is CCOc1cc([C@H]2C3=CC[C@@H]4C(=O)N(C)C(=O)[C@@H]4[C@@H]3C[C@H]3C(=O)N(c4ccc(F)c(Cl)c4)C(=O)[C@@]23C)ccc1O. The summed E-state index contributed by atoms with van der Waals surface area (Å²) in [5, 5.41) is 10.2. The fraction of sp³-hybridized carbons (Fsp3) is 0.400. The Kier molecular flexibility index (Phi) is 6.07. The van der Waals surface area contributed by atoms with E-state index in [2.05, 4.69) is 0 Å². The summed E-state index contributed by atoms with van der Waals surface area (Å²) in [6.07, 6.45) is 2.50. The predicted octanol–water partition coefficient (Wildman–Crippen LogP) is 4.44. The summed E-state index contributed by atoms with van der Waals surface area (Å²) in [5.41, 5.74) is 0.363. The molecule has 0 aromatic heterocycles. The van der Waals surface area contributed by atoms with Crippen LogP contribution in [0.1, 0.15) is 38.2 Å². The number of hydrogen-bond donors (Lipinski definition) is 1. The van der Waals surface area contributed by atoms with E-state index in [4.69, 9.17) is 16.3 Å². The van der Waals surface area contributed by atoms with E-state index >= 15 is 0 Å². The maximum absolute atomic E-state index is 14.3. The number of allylic oxidation sites excluding steroid dienone is 2. The van der Waals surface area contributed by atoms with E-state index in [-0.39, 0.29) is 40.4 Å². The summed E-state index contributed by atoms with van der Waals surface area (Å²) in [6.45, 7) is 3.84. The van der Waals surface area contributed by atoms with Crippen molar-refractivity contribution in [3.8, 4) is 11.5 Å². The zero-order valence-electron chi connectivity index (χ0n) is 22.2. The van der Waals surface area contributed by atoms with Crippen molar-refractivity contribution in [2.45, 2.75) is 32.6 Å². The highest BCUT2D eigenvalue weighted by Crippen LogP contribution is 2.63. The normalized spacial score (nSPS) is 31.2. The van der Waals surface area contributed by atoms with Gasteiger partial charge in [-0.15, -0.1) is 0 Å². The molecule has 8 nitrogen and oxygen atoms in total. The Hall–Kier alpha value is -3.72. The molecular formula is C30H28ClFN2O6. The van der Waals surface area contributed by atoms with Gasteiger partial charge in [0.15, 0.2) is 11.5 Å². The number of nitrogens with zero attached hydrogens (tertiary/aromatic N) is 2. The quantitative estimate of drug-likeness (QED) is 0.433. The van der Waals surface area contributed by atoms with E-state index in [9.17, 15) is 28.7 Å². The van der Waals surface area contributed by atoms with Crippen LogP contribution in [0.2, 0.25) is 5.02 Å². The Morgan fingerprint density at radius 2 is 1.82 bits per heavy atom. The average Bonchev–Trinajstić information content (AvgIpc) is 3.27. The molecule has 208 valence electrons. The summed E-state index contributed by atoms with van der Waals surface area (Å²) < 4.78 is 19.6. The molecule has 4 amide bonds. The van der Waals surface area contributed by atoms with Crippen molar-refractivity contribution in [1.82, 2.24) is 4.90 Å². The van der Waals surface area contributed by atoms with Gasteiger partial charge in [0.05, 0.1) is 40.5 Å². The molecule has 1 N–H and O–H groups in total. The second-order valence-electron chi connectivity index (χ2n) is 11.2. The highest BCUT2D eigenvalue weighted by atomic mass is 35.5. The minimum absolute atomic E-state index is 0.0630. The molecule has 2 heterocycles. The number of carbonyl (C=O) groups excluding carboxylic acids is 4. The van der Waals surface area contributed by atoms with Gasteiger partial charge < -0.3 is 9.84 Å². The molecule has 0 bridgehead atoms. The van der Waals surface area contributed by atoms with Crippen LogP contribution in [0.25, 0.3) is 0 Å². The number of carbonyl (C=O) groups is 4. The molecule has 10 heteroatoms. The number of anilines is 1. The monoisotopic (exact) mass is 566 g/mol. The summed E-state index contributed by atoms with van der Waals surface area (Å²) in [7, 11) is 1.48. The fourth-order valence-electron chi connectivity index (χ4n) is 7.40. The number of phenolic OH excluding ortho intramolecular Hbond substituents is 1. The highest BCUT2D eigenvalue weighted by molar-refractivity contribution is 6.31. The molecule has 0 radical (unpaired) electrons. The van der Waals surface area contributed by atoms with Gasteiger partial charge >= 0.3 is 0 Å². The van der Waals surface area contributed by atoms with Crippen molar-refractivity contribution in [2.24, 2.45) is 29.1 Å². The molecule has 6 atom stereocenters. The Balaban J connectivity index is 1.54. The number of rotatable bonds is 4. The number of benzene rings is 2. The van der Waals surface area contributed by atoms with Gasteiger partial charge in [-0.2, -0.15) is 0 Å². The van der Waals surface area contributed by atoms with E-state index < -0.39 is 52.6 Å². The summed E-state index contributed by atoms with van der Waals surface area (Å²) in [5.74, 6) is -5.02. The minimum Gasteiger partial charge on any atom is -0.504 e. The molecule has 2 aromatic rings. The topological polar surface area (TPSA) is 104 Å². The van der Waals surface area contributed by atoms with Crippen molar-refractivity contribution in [3.63, 3.8) is 0 Å². The third-order valence-corrected chi connectivity index (χ3v) is 9.56. The Morgan fingerprint density at radius 1 is 1.07 bits per heavy atom. The lowest BCUT2D eigenvalue weighted by atomic mass is 9.51. The molecular weight excluding hydrogens is 539 g/mol. The number of aromatic hydroxyl groups is 1. The number of likely N-dealkylation sites (tertiary alicyclic amines) is 1. The molecule has 2 aliphatic heterocycles. The van der Waals surface area contributed by atoms with Gasteiger partial charge in [-0.3, -0.25) is 24.1 Å². The van der Waals surface area contributed by atoms with Crippen molar-refractivity contribution < 1.29 is 33.4 Å². The van der Waals surface area contributed by atoms with Gasteiger partial charge in [0.25, 0.3) is 0 Å². The number of imide groups is 2. The van der Waals surface area contributed by atoms with Crippen LogP contribution in [0.5, 0.6) is 11.5 Å². The van der Waals surface area contributed by atoms with Gasteiger partial charge in [0.2, 0.25) is 23.6 Å². The fourth-order valence-corrected chi connectivity index (χ4v) is 7.58. The number of amides is 4. The molecule has 40 heavy (non-hydrogen) atoms. The van der Waals surface area contributed by atoms with Crippen molar-refractivity contribution in [3.05, 3.63) is 64.5 Å². The highest BCUT2D eigenvalue weighted by Gasteiger charge is 2.67. The van der Waals surface area contributed by atoms with Gasteiger partial charge in [-0.05, 0) is 68.5 Å². The second kappa shape index (κ2) is 9.16. The Labute approximate surface area is 235 Å². The van der Waals surface area contributed by atoms with Crippen LogP contribution < -0.4 is 9.64 Å². The first kappa shape index (κ1) is 26.5. The smallest absolute Gasteiger partial charge is 0.241 e. The first-order chi connectivity index (χ1) is 19.0. The second-order valence-corrected chi connectivity index (χ2v) is 11.6. The van der Waals surface area contributed by atoms with E-state index in [1.165, 1.54) is 25.2 Å².